The van der Waals surface area contributed by atoms with Crippen molar-refractivity contribution in [3.63, 3.8) is 0 Å². The molecule has 0 bridgehead atoms. The second kappa shape index (κ2) is 7.81. The lowest BCUT2D eigenvalue weighted by Crippen LogP contribution is -2.33. The number of aryl methyl sites for hydroxylation is 1. The Morgan fingerprint density at radius 1 is 1.17 bits per heavy atom. The number of hydrogen-bond donors (Lipinski definition) is 2. The van der Waals surface area contributed by atoms with Gasteiger partial charge in [0, 0.05) is 18.1 Å². The van der Waals surface area contributed by atoms with Gasteiger partial charge in [-0.1, -0.05) is 0 Å². The first-order valence-electron chi connectivity index (χ1n) is 8.29. The first-order valence-corrected chi connectivity index (χ1v) is 8.29. The van der Waals surface area contributed by atoms with Gasteiger partial charge in [0.05, 0.1) is 11.6 Å². The molecule has 2 amide bonds. The highest BCUT2D eigenvalue weighted by molar-refractivity contribution is 5.90. The predicted octanol–water partition coefficient (Wildman–Crippen LogP) is 3.41. The molecule has 0 saturated carbocycles. The molecule has 0 fully saturated rings. The number of aromatic nitrogens is 5. The molecule has 2 heterocycles. The molecule has 3 aromatic rings. The van der Waals surface area contributed by atoms with Crippen LogP contribution in [0, 0.1) is 12.7 Å². The molecule has 152 valence electrons. The number of amides is 2. The molecule has 3 rings (SSSR count). The van der Waals surface area contributed by atoms with E-state index >= 15 is 0 Å². The van der Waals surface area contributed by atoms with Crippen molar-refractivity contribution in [3.8, 4) is 5.95 Å². The average Bonchev–Trinajstić information content (AvgIpc) is 3.13. The molecule has 0 aliphatic carbocycles. The van der Waals surface area contributed by atoms with E-state index in [9.17, 15) is 22.4 Å². The molecular weight excluding hydrogens is 394 g/mol. The van der Waals surface area contributed by atoms with Crippen LogP contribution in [-0.4, -0.2) is 30.8 Å². The van der Waals surface area contributed by atoms with Crippen molar-refractivity contribution in [3.05, 3.63) is 59.7 Å². The Labute approximate surface area is 162 Å². The molecule has 29 heavy (non-hydrogen) atoms. The molecule has 2 aromatic heterocycles. The Bertz CT molecular complexity index is 1020. The number of halogens is 4. The molecule has 2 N–H and O–H groups in total. The van der Waals surface area contributed by atoms with Crippen LogP contribution in [0.2, 0.25) is 0 Å². The SMILES string of the molecule is Cc1cc(F)c(C(F)(F)F)cc1NC(=O)NC(C)c1ncnn1-c1ncccn1. The molecule has 1 atom stereocenters. The van der Waals surface area contributed by atoms with Gasteiger partial charge in [0.25, 0.3) is 5.95 Å². The van der Waals surface area contributed by atoms with Crippen LogP contribution in [0.25, 0.3) is 5.95 Å². The largest absolute Gasteiger partial charge is 0.419 e. The summed E-state index contributed by atoms with van der Waals surface area (Å²) in [6.45, 7) is 2.98. The molecule has 8 nitrogen and oxygen atoms in total. The minimum Gasteiger partial charge on any atom is -0.328 e. The highest BCUT2D eigenvalue weighted by Gasteiger charge is 2.35. The predicted molar refractivity (Wildman–Crippen MR) is 93.7 cm³/mol. The summed E-state index contributed by atoms with van der Waals surface area (Å²) >= 11 is 0. The number of nitrogens with one attached hydrogen (secondary N) is 2. The summed E-state index contributed by atoms with van der Waals surface area (Å²) < 4.78 is 53.6. The number of hydrogen-bond acceptors (Lipinski definition) is 5. The Hall–Kier alpha value is -3.57. The molecule has 0 saturated heterocycles. The number of anilines is 1. The average molecular weight is 409 g/mol. The van der Waals surface area contributed by atoms with Gasteiger partial charge in [0.2, 0.25) is 0 Å². The summed E-state index contributed by atoms with van der Waals surface area (Å²) in [7, 11) is 0. The van der Waals surface area contributed by atoms with E-state index in [1.54, 1.807) is 13.0 Å². The Kier molecular flexibility index (Phi) is 5.43. The van der Waals surface area contributed by atoms with Gasteiger partial charge in [-0.25, -0.2) is 24.1 Å². The van der Waals surface area contributed by atoms with Crippen molar-refractivity contribution >= 4 is 11.7 Å². The highest BCUT2D eigenvalue weighted by Crippen LogP contribution is 2.34. The van der Waals surface area contributed by atoms with Crippen LogP contribution >= 0.6 is 0 Å². The van der Waals surface area contributed by atoms with Crippen molar-refractivity contribution in [1.29, 1.82) is 0 Å². The van der Waals surface area contributed by atoms with Gasteiger partial charge in [-0.2, -0.15) is 23.0 Å². The van der Waals surface area contributed by atoms with E-state index in [1.165, 1.54) is 30.3 Å². The van der Waals surface area contributed by atoms with Gasteiger partial charge in [0.1, 0.15) is 12.1 Å². The maximum Gasteiger partial charge on any atom is 0.419 e. The van der Waals surface area contributed by atoms with E-state index in [0.717, 1.165) is 0 Å². The van der Waals surface area contributed by atoms with Crippen LogP contribution < -0.4 is 10.6 Å². The Balaban J connectivity index is 1.77. The molecule has 0 radical (unpaired) electrons. The van der Waals surface area contributed by atoms with Crippen molar-refractivity contribution in [2.75, 3.05) is 5.32 Å². The molecule has 0 aliphatic rings. The zero-order valence-corrected chi connectivity index (χ0v) is 15.2. The standard InChI is InChI=1S/C17H15F4N7O/c1-9-6-12(18)11(17(19,20)21)7-13(9)27-16(29)26-10(2)14-24-8-25-28(14)15-22-4-3-5-23-15/h3-8,10H,1-2H3,(H2,26,27,29). The van der Waals surface area contributed by atoms with Crippen molar-refractivity contribution in [2.45, 2.75) is 26.1 Å². The zero-order valence-electron chi connectivity index (χ0n) is 15.2. The number of carbonyl (C=O) groups is 1. The lowest BCUT2D eigenvalue weighted by atomic mass is 10.1. The van der Waals surface area contributed by atoms with E-state index in [4.69, 9.17) is 0 Å². The molecule has 1 unspecified atom stereocenters. The number of urea groups is 1. The van der Waals surface area contributed by atoms with E-state index in [2.05, 4.69) is 30.7 Å². The topological polar surface area (TPSA) is 97.6 Å². The number of nitrogens with zero attached hydrogens (tertiary/aromatic N) is 5. The molecule has 0 spiro atoms. The first-order chi connectivity index (χ1) is 13.7. The van der Waals surface area contributed by atoms with Crippen molar-refractivity contribution < 1.29 is 22.4 Å². The van der Waals surface area contributed by atoms with Crippen LogP contribution in [0.15, 0.2) is 36.9 Å². The lowest BCUT2D eigenvalue weighted by Gasteiger charge is -2.17. The van der Waals surface area contributed by atoms with Gasteiger partial charge in [0.15, 0.2) is 5.82 Å². The van der Waals surface area contributed by atoms with Gasteiger partial charge < -0.3 is 10.6 Å². The molecular formula is C17H15F4N7O. The van der Waals surface area contributed by atoms with Crippen molar-refractivity contribution in [1.82, 2.24) is 30.0 Å². The molecule has 1 aromatic carbocycles. The van der Waals surface area contributed by atoms with Gasteiger partial charge >= 0.3 is 12.2 Å². The van der Waals surface area contributed by atoms with Gasteiger partial charge in [-0.3, -0.25) is 0 Å². The minimum absolute atomic E-state index is 0.138. The van der Waals surface area contributed by atoms with E-state index in [-0.39, 0.29) is 17.2 Å². The molecule has 12 heteroatoms. The summed E-state index contributed by atoms with van der Waals surface area (Å²) in [6.07, 6.45) is -0.617. The number of benzene rings is 1. The van der Waals surface area contributed by atoms with E-state index in [1.807, 2.05) is 0 Å². The maximum absolute atomic E-state index is 13.6. The highest BCUT2D eigenvalue weighted by atomic mass is 19.4. The quantitative estimate of drug-likeness (QED) is 0.644. The van der Waals surface area contributed by atoms with Crippen LogP contribution in [0.4, 0.5) is 28.0 Å². The minimum atomic E-state index is -4.88. The second-order valence-electron chi connectivity index (χ2n) is 6.04. The van der Waals surface area contributed by atoms with Gasteiger partial charge in [-0.15, -0.1) is 0 Å². The number of alkyl halides is 3. The summed E-state index contributed by atoms with van der Waals surface area (Å²) in [5.41, 5.74) is -1.50. The fourth-order valence-electron chi connectivity index (χ4n) is 2.54. The zero-order chi connectivity index (χ0) is 21.2. The third-order valence-electron chi connectivity index (χ3n) is 3.92. The fraction of sp³-hybridized carbons (Fsp3) is 0.235. The smallest absolute Gasteiger partial charge is 0.328 e. The van der Waals surface area contributed by atoms with Crippen molar-refractivity contribution in [2.24, 2.45) is 0 Å². The monoisotopic (exact) mass is 409 g/mol. The lowest BCUT2D eigenvalue weighted by molar-refractivity contribution is -0.139. The summed E-state index contributed by atoms with van der Waals surface area (Å²) in [4.78, 5) is 24.4. The number of carbonyl (C=O) groups excluding carboxylic acids is 1. The van der Waals surface area contributed by atoms with Crippen LogP contribution in [0.1, 0.15) is 29.9 Å². The van der Waals surface area contributed by atoms with Crippen LogP contribution in [-0.2, 0) is 6.18 Å². The van der Waals surface area contributed by atoms with Crippen LogP contribution in [0.3, 0.4) is 0 Å². The van der Waals surface area contributed by atoms with Gasteiger partial charge in [-0.05, 0) is 37.6 Å². The fourth-order valence-corrected chi connectivity index (χ4v) is 2.54. The number of rotatable bonds is 4. The molecule has 0 aliphatic heterocycles. The maximum atomic E-state index is 13.6. The summed E-state index contributed by atoms with van der Waals surface area (Å²) in [6, 6.07) is 1.39. The normalized spacial score (nSPS) is 12.5. The first kappa shape index (κ1) is 20.2. The summed E-state index contributed by atoms with van der Waals surface area (Å²) in [5, 5.41) is 8.84. The van der Waals surface area contributed by atoms with E-state index in [0.29, 0.717) is 18.0 Å². The van der Waals surface area contributed by atoms with E-state index < -0.39 is 29.6 Å². The second-order valence-corrected chi connectivity index (χ2v) is 6.04. The third-order valence-corrected chi connectivity index (χ3v) is 3.92. The Morgan fingerprint density at radius 3 is 2.52 bits per heavy atom. The van der Waals surface area contributed by atoms with Crippen LogP contribution in [0.5, 0.6) is 0 Å². The summed E-state index contributed by atoms with van der Waals surface area (Å²) in [5.74, 6) is -0.873. The third kappa shape index (κ3) is 4.47. The Morgan fingerprint density at radius 2 is 1.86 bits per heavy atom.